The molecule has 0 spiro atoms. The number of fused-ring (bicyclic) bond motifs is 1. The molecule has 0 unspecified atom stereocenters. The van der Waals surface area contributed by atoms with Crippen LogP contribution in [0.4, 0.5) is 0 Å². The number of hydrogen-bond acceptors (Lipinski definition) is 2. The first-order chi connectivity index (χ1) is 6.29. The van der Waals surface area contributed by atoms with Crippen molar-refractivity contribution in [3.05, 3.63) is 0 Å². The Kier molecular flexibility index (Phi) is 2.54. The summed E-state index contributed by atoms with van der Waals surface area (Å²) in [5, 5.41) is 0. The molecule has 2 aliphatic heterocycles. The molecule has 2 fully saturated rings. The van der Waals surface area contributed by atoms with E-state index in [1.54, 1.807) is 0 Å². The lowest BCUT2D eigenvalue weighted by atomic mass is 9.93. The van der Waals surface area contributed by atoms with Crippen LogP contribution in [0, 0.1) is 5.92 Å². The van der Waals surface area contributed by atoms with Crippen molar-refractivity contribution in [3.8, 4) is 0 Å². The van der Waals surface area contributed by atoms with Gasteiger partial charge in [0.25, 0.3) is 0 Å². The standard InChI is InChI=1S/C10H18N2O/c1-9-2-3-10-7-11(8-13)4-5-12(10)6-9/h8-10H,2-7H2,1H3/t9-,10+/m1/s1. The number of carbonyl (C=O) groups is 1. The molecule has 0 N–H and O–H groups in total. The van der Waals surface area contributed by atoms with Gasteiger partial charge in [-0.15, -0.1) is 0 Å². The van der Waals surface area contributed by atoms with E-state index in [4.69, 9.17) is 0 Å². The number of piperazine rings is 1. The summed E-state index contributed by atoms with van der Waals surface area (Å²) in [6.45, 7) is 6.51. The number of carbonyl (C=O) groups excluding carboxylic acids is 1. The molecule has 0 saturated carbocycles. The predicted octanol–water partition coefficient (Wildman–Crippen LogP) is 0.559. The smallest absolute Gasteiger partial charge is 0.209 e. The molecule has 74 valence electrons. The van der Waals surface area contributed by atoms with Crippen molar-refractivity contribution in [1.82, 2.24) is 9.80 Å². The number of amides is 1. The number of rotatable bonds is 1. The molecule has 0 radical (unpaired) electrons. The van der Waals surface area contributed by atoms with Crippen LogP contribution in [0.25, 0.3) is 0 Å². The summed E-state index contributed by atoms with van der Waals surface area (Å²) in [6, 6.07) is 0.648. The molecule has 0 aromatic carbocycles. The molecule has 0 aromatic heterocycles. The second-order valence-electron chi connectivity index (χ2n) is 4.43. The Morgan fingerprint density at radius 2 is 2.08 bits per heavy atom. The summed E-state index contributed by atoms with van der Waals surface area (Å²) in [4.78, 5) is 15.1. The van der Waals surface area contributed by atoms with Crippen LogP contribution < -0.4 is 0 Å². The Morgan fingerprint density at radius 3 is 2.85 bits per heavy atom. The molecule has 0 aromatic rings. The maximum absolute atomic E-state index is 10.6. The van der Waals surface area contributed by atoms with E-state index in [9.17, 15) is 4.79 Å². The average Bonchev–Trinajstić information content (AvgIpc) is 2.17. The molecule has 2 atom stereocenters. The Balaban J connectivity index is 1.94. The predicted molar refractivity (Wildman–Crippen MR) is 51.4 cm³/mol. The van der Waals surface area contributed by atoms with Gasteiger partial charge in [0.2, 0.25) is 6.41 Å². The van der Waals surface area contributed by atoms with E-state index < -0.39 is 0 Å². The van der Waals surface area contributed by atoms with E-state index in [0.717, 1.165) is 32.0 Å². The highest BCUT2D eigenvalue weighted by Gasteiger charge is 2.30. The summed E-state index contributed by atoms with van der Waals surface area (Å²) in [6.07, 6.45) is 3.59. The van der Waals surface area contributed by atoms with Crippen LogP contribution >= 0.6 is 0 Å². The molecule has 2 rings (SSSR count). The zero-order chi connectivity index (χ0) is 9.26. The van der Waals surface area contributed by atoms with Gasteiger partial charge in [-0.1, -0.05) is 6.92 Å². The second-order valence-corrected chi connectivity index (χ2v) is 4.43. The van der Waals surface area contributed by atoms with Crippen LogP contribution in [0.5, 0.6) is 0 Å². The average molecular weight is 182 g/mol. The monoisotopic (exact) mass is 182 g/mol. The van der Waals surface area contributed by atoms with E-state index in [1.165, 1.54) is 19.4 Å². The third kappa shape index (κ3) is 1.85. The van der Waals surface area contributed by atoms with Gasteiger partial charge in [-0.2, -0.15) is 0 Å². The van der Waals surface area contributed by atoms with Crippen molar-refractivity contribution >= 4 is 6.41 Å². The van der Waals surface area contributed by atoms with Gasteiger partial charge in [-0.05, 0) is 18.8 Å². The first-order valence-electron chi connectivity index (χ1n) is 5.23. The highest BCUT2D eigenvalue weighted by Crippen LogP contribution is 2.23. The Labute approximate surface area is 79.7 Å². The van der Waals surface area contributed by atoms with Gasteiger partial charge in [0.15, 0.2) is 0 Å². The summed E-state index contributed by atoms with van der Waals surface area (Å²) < 4.78 is 0. The summed E-state index contributed by atoms with van der Waals surface area (Å²) in [5.41, 5.74) is 0. The van der Waals surface area contributed by atoms with Crippen LogP contribution in [0.15, 0.2) is 0 Å². The minimum atomic E-state index is 0.648. The topological polar surface area (TPSA) is 23.6 Å². The SMILES string of the molecule is C[C@@H]1CC[C@H]2CN(C=O)CCN2C1. The lowest BCUT2D eigenvalue weighted by Crippen LogP contribution is -2.55. The van der Waals surface area contributed by atoms with Crippen molar-refractivity contribution in [2.75, 3.05) is 26.2 Å². The normalized spacial score (nSPS) is 35.6. The third-order valence-electron chi connectivity index (χ3n) is 3.32. The van der Waals surface area contributed by atoms with Gasteiger partial charge in [0, 0.05) is 32.2 Å². The molecule has 13 heavy (non-hydrogen) atoms. The summed E-state index contributed by atoms with van der Waals surface area (Å²) >= 11 is 0. The van der Waals surface area contributed by atoms with E-state index in [1.807, 2.05) is 4.90 Å². The molecule has 3 heteroatoms. The number of nitrogens with zero attached hydrogens (tertiary/aromatic N) is 2. The fraction of sp³-hybridized carbons (Fsp3) is 0.900. The lowest BCUT2D eigenvalue weighted by molar-refractivity contribution is -0.121. The fourth-order valence-electron chi connectivity index (χ4n) is 2.50. The van der Waals surface area contributed by atoms with Gasteiger partial charge in [0.05, 0.1) is 0 Å². The molecular formula is C10H18N2O. The maximum Gasteiger partial charge on any atom is 0.209 e. The fourth-order valence-corrected chi connectivity index (χ4v) is 2.50. The molecule has 0 bridgehead atoms. The second kappa shape index (κ2) is 3.66. The molecule has 1 amide bonds. The zero-order valence-electron chi connectivity index (χ0n) is 8.28. The largest absolute Gasteiger partial charge is 0.342 e. The van der Waals surface area contributed by atoms with Crippen molar-refractivity contribution in [2.24, 2.45) is 5.92 Å². The van der Waals surface area contributed by atoms with Crippen LogP contribution in [0.2, 0.25) is 0 Å². The molecule has 2 aliphatic rings. The van der Waals surface area contributed by atoms with Crippen LogP contribution in [-0.2, 0) is 4.79 Å². The van der Waals surface area contributed by atoms with Crippen molar-refractivity contribution in [2.45, 2.75) is 25.8 Å². The minimum Gasteiger partial charge on any atom is -0.342 e. The van der Waals surface area contributed by atoms with Crippen molar-refractivity contribution in [1.29, 1.82) is 0 Å². The van der Waals surface area contributed by atoms with Crippen molar-refractivity contribution in [3.63, 3.8) is 0 Å². The van der Waals surface area contributed by atoms with E-state index in [0.29, 0.717) is 6.04 Å². The minimum absolute atomic E-state index is 0.648. The Hall–Kier alpha value is -0.570. The first-order valence-corrected chi connectivity index (χ1v) is 5.23. The lowest BCUT2D eigenvalue weighted by Gasteiger charge is -2.44. The quantitative estimate of drug-likeness (QED) is 0.553. The van der Waals surface area contributed by atoms with E-state index in [-0.39, 0.29) is 0 Å². The van der Waals surface area contributed by atoms with Crippen molar-refractivity contribution < 1.29 is 4.79 Å². The van der Waals surface area contributed by atoms with Gasteiger partial charge >= 0.3 is 0 Å². The van der Waals surface area contributed by atoms with E-state index in [2.05, 4.69) is 11.8 Å². The van der Waals surface area contributed by atoms with Gasteiger partial charge < -0.3 is 4.90 Å². The van der Waals surface area contributed by atoms with Crippen LogP contribution in [0.1, 0.15) is 19.8 Å². The Morgan fingerprint density at radius 1 is 1.23 bits per heavy atom. The highest BCUT2D eigenvalue weighted by atomic mass is 16.1. The number of hydrogen-bond donors (Lipinski definition) is 0. The van der Waals surface area contributed by atoms with Gasteiger partial charge in [-0.25, -0.2) is 0 Å². The molecule has 3 nitrogen and oxygen atoms in total. The summed E-state index contributed by atoms with van der Waals surface area (Å²) in [7, 11) is 0. The van der Waals surface area contributed by atoms with Crippen LogP contribution in [0.3, 0.4) is 0 Å². The van der Waals surface area contributed by atoms with Gasteiger partial charge in [0.1, 0.15) is 0 Å². The third-order valence-corrected chi connectivity index (χ3v) is 3.32. The maximum atomic E-state index is 10.6. The first kappa shape index (κ1) is 9.00. The Bertz CT molecular complexity index is 195. The zero-order valence-corrected chi connectivity index (χ0v) is 8.28. The van der Waals surface area contributed by atoms with Gasteiger partial charge in [-0.3, -0.25) is 9.69 Å². The molecule has 2 heterocycles. The summed E-state index contributed by atoms with van der Waals surface area (Å²) in [5.74, 6) is 0.846. The van der Waals surface area contributed by atoms with Crippen LogP contribution in [-0.4, -0.2) is 48.4 Å². The molecule has 0 aliphatic carbocycles. The van der Waals surface area contributed by atoms with E-state index >= 15 is 0 Å². The number of piperidine rings is 1. The highest BCUT2D eigenvalue weighted by molar-refractivity contribution is 5.47. The molecule has 2 saturated heterocycles. The molecular weight excluding hydrogens is 164 g/mol.